The Kier molecular flexibility index (Phi) is 8.75. The van der Waals surface area contributed by atoms with Gasteiger partial charge in [-0.2, -0.15) is 0 Å². The van der Waals surface area contributed by atoms with Gasteiger partial charge >= 0.3 is 0 Å². The van der Waals surface area contributed by atoms with Gasteiger partial charge in [0.05, 0.1) is 7.11 Å². The summed E-state index contributed by atoms with van der Waals surface area (Å²) in [5.41, 5.74) is 3.95. The monoisotopic (exact) mass is 382 g/mol. The van der Waals surface area contributed by atoms with Gasteiger partial charge in [-0.15, -0.1) is 0 Å². The smallest absolute Gasteiger partial charge is 0.251 e. The Morgan fingerprint density at radius 2 is 1.71 bits per heavy atom. The van der Waals surface area contributed by atoms with Gasteiger partial charge in [0.1, 0.15) is 5.75 Å². The van der Waals surface area contributed by atoms with E-state index in [0.717, 1.165) is 29.7 Å². The fourth-order valence-corrected chi connectivity index (χ4v) is 2.70. The van der Waals surface area contributed by atoms with Gasteiger partial charge in [-0.1, -0.05) is 48.9 Å². The summed E-state index contributed by atoms with van der Waals surface area (Å²) in [6.07, 6.45) is 4.34. The van der Waals surface area contributed by atoms with E-state index >= 15 is 0 Å². The van der Waals surface area contributed by atoms with Gasteiger partial charge in [-0.25, -0.2) is 5.48 Å². The van der Waals surface area contributed by atoms with E-state index in [1.807, 2.05) is 60.7 Å². The van der Waals surface area contributed by atoms with Gasteiger partial charge in [-0.3, -0.25) is 14.8 Å². The van der Waals surface area contributed by atoms with Crippen molar-refractivity contribution in [1.29, 1.82) is 0 Å². The molecule has 0 heterocycles. The number of rotatable bonds is 10. The second kappa shape index (κ2) is 11.6. The molecule has 148 valence electrons. The SMILES string of the molecule is COc1ccc(/C=C(\C(=O)NCCCCCC(=O)NO)c2ccccc2)cc1. The first-order valence-corrected chi connectivity index (χ1v) is 9.26. The van der Waals surface area contributed by atoms with Crippen LogP contribution in [0.15, 0.2) is 54.6 Å². The number of unbranched alkanes of at least 4 members (excludes halogenated alkanes) is 2. The highest BCUT2D eigenvalue weighted by Gasteiger charge is 2.11. The summed E-state index contributed by atoms with van der Waals surface area (Å²) in [5.74, 6) is 0.227. The number of hydroxylamine groups is 1. The first-order chi connectivity index (χ1) is 13.6. The van der Waals surface area contributed by atoms with Crippen LogP contribution in [0.5, 0.6) is 5.75 Å². The fourth-order valence-electron chi connectivity index (χ4n) is 2.70. The number of nitrogens with one attached hydrogen (secondary N) is 2. The first kappa shape index (κ1) is 21.2. The molecule has 0 aliphatic carbocycles. The van der Waals surface area contributed by atoms with Crippen LogP contribution in [0.3, 0.4) is 0 Å². The Hall–Kier alpha value is -3.12. The molecule has 0 fully saturated rings. The van der Waals surface area contributed by atoms with E-state index in [0.29, 0.717) is 18.5 Å². The van der Waals surface area contributed by atoms with Crippen molar-refractivity contribution in [2.24, 2.45) is 0 Å². The molecule has 0 aliphatic rings. The van der Waals surface area contributed by atoms with E-state index < -0.39 is 5.91 Å². The average molecular weight is 382 g/mol. The highest BCUT2D eigenvalue weighted by Crippen LogP contribution is 2.20. The van der Waals surface area contributed by atoms with Crippen LogP contribution in [0.25, 0.3) is 11.6 Å². The topological polar surface area (TPSA) is 87.7 Å². The lowest BCUT2D eigenvalue weighted by Crippen LogP contribution is -2.25. The van der Waals surface area contributed by atoms with Crippen molar-refractivity contribution >= 4 is 23.5 Å². The second-order valence-electron chi connectivity index (χ2n) is 6.30. The van der Waals surface area contributed by atoms with E-state index in [1.165, 1.54) is 0 Å². The van der Waals surface area contributed by atoms with Gasteiger partial charge in [0.15, 0.2) is 0 Å². The summed E-state index contributed by atoms with van der Waals surface area (Å²) in [4.78, 5) is 23.7. The number of hydrogen-bond donors (Lipinski definition) is 3. The maximum atomic E-state index is 12.8. The summed E-state index contributed by atoms with van der Waals surface area (Å²) in [7, 11) is 1.61. The van der Waals surface area contributed by atoms with Gasteiger partial charge in [0.2, 0.25) is 5.91 Å². The van der Waals surface area contributed by atoms with Crippen LogP contribution in [0.4, 0.5) is 0 Å². The van der Waals surface area contributed by atoms with Crippen LogP contribution in [0.2, 0.25) is 0 Å². The lowest BCUT2D eigenvalue weighted by molar-refractivity contribution is -0.129. The number of methoxy groups -OCH3 is 1. The molecule has 0 atom stereocenters. The molecule has 0 aromatic heterocycles. The highest BCUT2D eigenvalue weighted by atomic mass is 16.5. The van der Waals surface area contributed by atoms with Crippen molar-refractivity contribution in [3.63, 3.8) is 0 Å². The fraction of sp³-hybridized carbons (Fsp3) is 0.273. The van der Waals surface area contributed by atoms with Crippen LogP contribution in [-0.2, 0) is 9.59 Å². The molecule has 0 saturated heterocycles. The Balaban J connectivity index is 2.00. The van der Waals surface area contributed by atoms with E-state index in [2.05, 4.69) is 5.32 Å². The second-order valence-corrected chi connectivity index (χ2v) is 6.30. The predicted octanol–water partition coefficient (Wildman–Crippen LogP) is 3.42. The molecule has 6 nitrogen and oxygen atoms in total. The normalized spacial score (nSPS) is 11.0. The van der Waals surface area contributed by atoms with Gasteiger partial charge in [0, 0.05) is 18.5 Å². The molecule has 28 heavy (non-hydrogen) atoms. The summed E-state index contributed by atoms with van der Waals surface area (Å²) >= 11 is 0. The number of carbonyl (C=O) groups is 2. The van der Waals surface area contributed by atoms with E-state index in [-0.39, 0.29) is 12.3 Å². The molecule has 0 saturated carbocycles. The maximum absolute atomic E-state index is 12.8. The molecule has 0 unspecified atom stereocenters. The lowest BCUT2D eigenvalue weighted by Gasteiger charge is -2.10. The minimum Gasteiger partial charge on any atom is -0.497 e. The molecule has 2 aromatic rings. The van der Waals surface area contributed by atoms with Crippen LogP contribution < -0.4 is 15.5 Å². The zero-order valence-electron chi connectivity index (χ0n) is 16.0. The lowest BCUT2D eigenvalue weighted by atomic mass is 10.0. The average Bonchev–Trinajstić information content (AvgIpc) is 2.75. The van der Waals surface area contributed by atoms with Crippen LogP contribution in [-0.4, -0.2) is 30.7 Å². The minimum atomic E-state index is -0.391. The zero-order valence-corrected chi connectivity index (χ0v) is 16.0. The standard InChI is InChI=1S/C22H26N2O4/c1-28-19-13-11-17(12-14-19)16-20(18-8-4-2-5-9-18)22(26)23-15-7-3-6-10-21(25)24-27/h2,4-5,8-9,11-14,16,27H,3,6-7,10,15H2,1H3,(H,23,26)(H,24,25)/b20-16-. The first-order valence-electron chi connectivity index (χ1n) is 9.26. The molecule has 0 spiro atoms. The van der Waals surface area contributed by atoms with Crippen molar-refractivity contribution in [3.8, 4) is 5.75 Å². The summed E-state index contributed by atoms with van der Waals surface area (Å²) in [6, 6.07) is 17.0. The van der Waals surface area contributed by atoms with E-state index in [1.54, 1.807) is 12.6 Å². The predicted molar refractivity (Wildman–Crippen MR) is 109 cm³/mol. The van der Waals surface area contributed by atoms with Crippen molar-refractivity contribution in [2.45, 2.75) is 25.7 Å². The molecular weight excluding hydrogens is 356 g/mol. The quantitative estimate of drug-likeness (QED) is 0.193. The molecule has 0 aliphatic heterocycles. The highest BCUT2D eigenvalue weighted by molar-refractivity contribution is 6.24. The largest absolute Gasteiger partial charge is 0.497 e. The Morgan fingerprint density at radius 1 is 1.00 bits per heavy atom. The van der Waals surface area contributed by atoms with Crippen molar-refractivity contribution in [1.82, 2.24) is 10.8 Å². The van der Waals surface area contributed by atoms with Crippen LogP contribution >= 0.6 is 0 Å². The molecule has 2 amide bonds. The summed E-state index contributed by atoms with van der Waals surface area (Å²) < 4.78 is 5.17. The van der Waals surface area contributed by atoms with E-state index in [9.17, 15) is 9.59 Å². The maximum Gasteiger partial charge on any atom is 0.251 e. The summed E-state index contributed by atoms with van der Waals surface area (Å²) in [5, 5.41) is 11.4. The molecule has 6 heteroatoms. The van der Waals surface area contributed by atoms with Gasteiger partial charge < -0.3 is 10.1 Å². The Bertz CT molecular complexity index is 786. The molecule has 0 bridgehead atoms. The van der Waals surface area contributed by atoms with Crippen LogP contribution in [0, 0.1) is 0 Å². The number of carbonyl (C=O) groups excluding carboxylic acids is 2. The Labute approximate surface area is 165 Å². The molecule has 0 radical (unpaired) electrons. The molecule has 2 aromatic carbocycles. The Morgan fingerprint density at radius 3 is 2.36 bits per heavy atom. The summed E-state index contributed by atoms with van der Waals surface area (Å²) in [6.45, 7) is 0.520. The van der Waals surface area contributed by atoms with E-state index in [4.69, 9.17) is 9.94 Å². The number of benzene rings is 2. The number of amides is 2. The molecular formula is C22H26N2O4. The van der Waals surface area contributed by atoms with Crippen LogP contribution in [0.1, 0.15) is 36.8 Å². The number of ether oxygens (including phenoxy) is 1. The molecule has 2 rings (SSSR count). The third-order valence-corrected chi connectivity index (χ3v) is 4.25. The van der Waals surface area contributed by atoms with Crippen molar-refractivity contribution < 1.29 is 19.5 Å². The zero-order chi connectivity index (χ0) is 20.2. The third-order valence-electron chi connectivity index (χ3n) is 4.25. The minimum absolute atomic E-state index is 0.143. The van der Waals surface area contributed by atoms with Crippen molar-refractivity contribution in [2.75, 3.05) is 13.7 Å². The third kappa shape index (κ3) is 6.89. The molecule has 3 N–H and O–H groups in total. The van der Waals surface area contributed by atoms with Gasteiger partial charge in [0.25, 0.3) is 5.91 Å². The van der Waals surface area contributed by atoms with Gasteiger partial charge in [-0.05, 0) is 42.2 Å². The number of hydrogen-bond acceptors (Lipinski definition) is 4. The van der Waals surface area contributed by atoms with Crippen molar-refractivity contribution in [3.05, 3.63) is 65.7 Å².